The molecule has 0 aliphatic heterocycles. The molecule has 1 aromatic carbocycles. The summed E-state index contributed by atoms with van der Waals surface area (Å²) in [7, 11) is 1.65. The number of carbonyl (C=O) groups is 1. The molecule has 3 nitrogen and oxygen atoms in total. The lowest BCUT2D eigenvalue weighted by Crippen LogP contribution is -2.38. The maximum absolute atomic E-state index is 12.5. The second-order valence-corrected chi connectivity index (χ2v) is 6.20. The molecule has 0 amide bonds. The van der Waals surface area contributed by atoms with E-state index in [1.165, 1.54) is 0 Å². The highest BCUT2D eigenvalue weighted by atomic mass is 32.1. The standard InChI is InChI=1S/C15H17NO2S/c1-18-15(8-4-5-9-15)13(17)10-14-16-11-6-2-3-7-12(11)19-14/h2-3,6-7H,4-5,8-10H2,1H3. The van der Waals surface area contributed by atoms with Crippen LogP contribution in [0.3, 0.4) is 0 Å². The van der Waals surface area contributed by atoms with Crippen LogP contribution in [0.1, 0.15) is 30.7 Å². The zero-order valence-corrected chi connectivity index (χ0v) is 11.8. The van der Waals surface area contributed by atoms with Gasteiger partial charge in [0.15, 0.2) is 5.78 Å². The first-order chi connectivity index (χ1) is 9.23. The Kier molecular flexibility index (Phi) is 3.37. The molecule has 1 heterocycles. The van der Waals surface area contributed by atoms with Crippen LogP contribution in [-0.4, -0.2) is 23.5 Å². The Balaban J connectivity index is 1.82. The van der Waals surface area contributed by atoms with Crippen molar-refractivity contribution in [1.29, 1.82) is 0 Å². The van der Waals surface area contributed by atoms with Crippen LogP contribution >= 0.6 is 11.3 Å². The molecule has 0 N–H and O–H groups in total. The Hall–Kier alpha value is -1.26. The van der Waals surface area contributed by atoms with Gasteiger partial charge in [-0.25, -0.2) is 4.98 Å². The number of aromatic nitrogens is 1. The molecule has 100 valence electrons. The summed E-state index contributed by atoms with van der Waals surface area (Å²) in [5.74, 6) is 0.187. The molecule has 3 rings (SSSR count). The van der Waals surface area contributed by atoms with E-state index in [9.17, 15) is 4.79 Å². The van der Waals surface area contributed by atoms with Gasteiger partial charge in [0.25, 0.3) is 0 Å². The summed E-state index contributed by atoms with van der Waals surface area (Å²) in [4.78, 5) is 17.0. The van der Waals surface area contributed by atoms with Crippen molar-refractivity contribution in [3.8, 4) is 0 Å². The van der Waals surface area contributed by atoms with Crippen LogP contribution in [0.5, 0.6) is 0 Å². The van der Waals surface area contributed by atoms with E-state index >= 15 is 0 Å². The fourth-order valence-electron chi connectivity index (χ4n) is 2.84. The number of thiazole rings is 1. The van der Waals surface area contributed by atoms with Gasteiger partial charge in [-0.2, -0.15) is 0 Å². The summed E-state index contributed by atoms with van der Waals surface area (Å²) < 4.78 is 6.68. The minimum Gasteiger partial charge on any atom is -0.370 e. The van der Waals surface area contributed by atoms with Crippen LogP contribution in [0.4, 0.5) is 0 Å². The highest BCUT2D eigenvalue weighted by Crippen LogP contribution is 2.35. The number of Topliss-reactive ketones (excluding diaryl/α,β-unsaturated/α-hetero) is 1. The monoisotopic (exact) mass is 275 g/mol. The number of para-hydroxylation sites is 1. The van der Waals surface area contributed by atoms with E-state index < -0.39 is 5.60 Å². The summed E-state index contributed by atoms with van der Waals surface area (Å²) in [5.41, 5.74) is 0.436. The summed E-state index contributed by atoms with van der Waals surface area (Å²) in [5, 5.41) is 0.898. The van der Waals surface area contributed by atoms with E-state index in [-0.39, 0.29) is 5.78 Å². The zero-order valence-electron chi connectivity index (χ0n) is 11.0. The maximum Gasteiger partial charge on any atom is 0.171 e. The first kappa shape index (κ1) is 12.8. The van der Waals surface area contributed by atoms with Crippen LogP contribution in [0.2, 0.25) is 0 Å². The van der Waals surface area contributed by atoms with Crippen LogP contribution < -0.4 is 0 Å². The van der Waals surface area contributed by atoms with Crippen LogP contribution in [0, 0.1) is 0 Å². The van der Waals surface area contributed by atoms with Gasteiger partial charge >= 0.3 is 0 Å². The third-order valence-corrected chi connectivity index (χ3v) is 5.00. The number of hydrogen-bond acceptors (Lipinski definition) is 4. The van der Waals surface area contributed by atoms with E-state index in [0.717, 1.165) is 40.9 Å². The van der Waals surface area contributed by atoms with Crippen molar-refractivity contribution in [2.24, 2.45) is 0 Å². The van der Waals surface area contributed by atoms with E-state index in [1.54, 1.807) is 18.4 Å². The van der Waals surface area contributed by atoms with Gasteiger partial charge in [-0.15, -0.1) is 11.3 Å². The Bertz CT molecular complexity index is 566. The van der Waals surface area contributed by atoms with E-state index in [2.05, 4.69) is 4.98 Å². The van der Waals surface area contributed by atoms with Crippen molar-refractivity contribution in [2.75, 3.05) is 7.11 Å². The Morgan fingerprint density at radius 1 is 1.37 bits per heavy atom. The SMILES string of the molecule is COC1(C(=O)Cc2nc3ccccc3s2)CCCC1. The number of methoxy groups -OCH3 is 1. The Labute approximate surface area is 116 Å². The van der Waals surface area contributed by atoms with Gasteiger partial charge in [-0.05, 0) is 37.8 Å². The van der Waals surface area contributed by atoms with Gasteiger partial charge in [-0.3, -0.25) is 4.79 Å². The topological polar surface area (TPSA) is 39.2 Å². The number of rotatable bonds is 4. The van der Waals surface area contributed by atoms with Crippen molar-refractivity contribution < 1.29 is 9.53 Å². The molecule has 1 fully saturated rings. The van der Waals surface area contributed by atoms with Crippen LogP contribution in [-0.2, 0) is 16.0 Å². The highest BCUT2D eigenvalue weighted by molar-refractivity contribution is 7.18. The molecule has 1 aliphatic rings. The lowest BCUT2D eigenvalue weighted by molar-refractivity contribution is -0.139. The third kappa shape index (κ3) is 2.30. The average molecular weight is 275 g/mol. The molecule has 0 saturated heterocycles. The normalized spacial score (nSPS) is 17.9. The number of nitrogens with zero attached hydrogens (tertiary/aromatic N) is 1. The van der Waals surface area contributed by atoms with Gasteiger partial charge in [-0.1, -0.05) is 12.1 Å². The van der Waals surface area contributed by atoms with Crippen molar-refractivity contribution >= 4 is 27.3 Å². The molecule has 0 spiro atoms. The van der Waals surface area contributed by atoms with E-state index in [1.807, 2.05) is 24.3 Å². The number of fused-ring (bicyclic) bond motifs is 1. The average Bonchev–Trinajstić information content (AvgIpc) is 3.05. The highest BCUT2D eigenvalue weighted by Gasteiger charge is 2.40. The van der Waals surface area contributed by atoms with Crippen molar-refractivity contribution in [1.82, 2.24) is 4.98 Å². The lowest BCUT2D eigenvalue weighted by atomic mass is 9.94. The first-order valence-electron chi connectivity index (χ1n) is 6.66. The van der Waals surface area contributed by atoms with Gasteiger partial charge in [0.2, 0.25) is 0 Å². The molecule has 0 radical (unpaired) electrons. The molecule has 19 heavy (non-hydrogen) atoms. The molecule has 0 atom stereocenters. The number of hydrogen-bond donors (Lipinski definition) is 0. The van der Waals surface area contributed by atoms with Crippen molar-refractivity contribution in [3.05, 3.63) is 29.3 Å². The summed E-state index contributed by atoms with van der Waals surface area (Å²) >= 11 is 1.61. The number of ether oxygens (including phenoxy) is 1. The fraction of sp³-hybridized carbons (Fsp3) is 0.467. The van der Waals surface area contributed by atoms with E-state index in [4.69, 9.17) is 4.74 Å². The molecule has 0 bridgehead atoms. The summed E-state index contributed by atoms with van der Waals surface area (Å²) in [6, 6.07) is 8.01. The van der Waals surface area contributed by atoms with Crippen molar-refractivity contribution in [2.45, 2.75) is 37.7 Å². The van der Waals surface area contributed by atoms with Gasteiger partial charge in [0.1, 0.15) is 10.6 Å². The van der Waals surface area contributed by atoms with Crippen LogP contribution in [0.25, 0.3) is 10.2 Å². The zero-order chi connectivity index (χ0) is 13.3. The smallest absolute Gasteiger partial charge is 0.171 e. The molecular weight excluding hydrogens is 258 g/mol. The predicted octanol–water partition coefficient (Wildman–Crippen LogP) is 3.37. The molecule has 1 aromatic heterocycles. The molecule has 1 aliphatic carbocycles. The number of benzene rings is 1. The number of carbonyl (C=O) groups excluding carboxylic acids is 1. The van der Waals surface area contributed by atoms with Gasteiger partial charge in [0, 0.05) is 7.11 Å². The Morgan fingerprint density at radius 3 is 2.79 bits per heavy atom. The third-order valence-electron chi connectivity index (χ3n) is 3.96. The minimum absolute atomic E-state index is 0.187. The quantitative estimate of drug-likeness (QED) is 0.858. The second-order valence-electron chi connectivity index (χ2n) is 5.08. The molecular formula is C15H17NO2S. The second kappa shape index (κ2) is 5.02. The van der Waals surface area contributed by atoms with E-state index in [0.29, 0.717) is 6.42 Å². The minimum atomic E-state index is -0.544. The van der Waals surface area contributed by atoms with Gasteiger partial charge < -0.3 is 4.74 Å². The lowest BCUT2D eigenvalue weighted by Gasteiger charge is -2.25. The van der Waals surface area contributed by atoms with Gasteiger partial charge in [0.05, 0.1) is 16.6 Å². The van der Waals surface area contributed by atoms with Crippen LogP contribution in [0.15, 0.2) is 24.3 Å². The summed E-state index contributed by atoms with van der Waals surface area (Å²) in [6.45, 7) is 0. The molecule has 2 aromatic rings. The predicted molar refractivity (Wildman–Crippen MR) is 76.5 cm³/mol. The maximum atomic E-state index is 12.5. The molecule has 1 saturated carbocycles. The Morgan fingerprint density at radius 2 is 2.11 bits per heavy atom. The van der Waals surface area contributed by atoms with Crippen molar-refractivity contribution in [3.63, 3.8) is 0 Å². The molecule has 4 heteroatoms. The fourth-order valence-corrected chi connectivity index (χ4v) is 3.80. The largest absolute Gasteiger partial charge is 0.370 e. The molecule has 0 unspecified atom stereocenters. The first-order valence-corrected chi connectivity index (χ1v) is 7.48. The number of ketones is 1. The summed E-state index contributed by atoms with van der Waals surface area (Å²) in [6.07, 6.45) is 4.27.